The van der Waals surface area contributed by atoms with E-state index in [9.17, 15) is 5.11 Å². The van der Waals surface area contributed by atoms with E-state index in [2.05, 4.69) is 36.8 Å². The first-order chi connectivity index (χ1) is 9.65. The highest BCUT2D eigenvalue weighted by molar-refractivity contribution is 9.11. The van der Waals surface area contributed by atoms with Crippen LogP contribution in [0.2, 0.25) is 0 Å². The number of benzene rings is 2. The number of aromatic nitrogens is 1. The fourth-order valence-electron chi connectivity index (χ4n) is 2.17. The molecule has 1 N–H and O–H groups in total. The van der Waals surface area contributed by atoms with E-state index in [1.54, 1.807) is 6.20 Å². The lowest BCUT2D eigenvalue weighted by atomic mass is 10.00. The lowest BCUT2D eigenvalue weighted by Crippen LogP contribution is -2.01. The summed E-state index contributed by atoms with van der Waals surface area (Å²) in [5.74, 6) is 0. The maximum Gasteiger partial charge on any atom is 0.105 e. The Hall–Kier alpha value is -1.23. The molecule has 1 atom stereocenters. The molecule has 0 aliphatic heterocycles. The minimum Gasteiger partial charge on any atom is -0.384 e. The van der Waals surface area contributed by atoms with Gasteiger partial charge in [-0.3, -0.25) is 4.98 Å². The minimum atomic E-state index is -0.675. The Morgan fingerprint density at radius 3 is 2.70 bits per heavy atom. The van der Waals surface area contributed by atoms with E-state index in [1.165, 1.54) is 0 Å². The lowest BCUT2D eigenvalue weighted by Gasteiger charge is -2.14. The number of pyridine rings is 1. The Morgan fingerprint density at radius 2 is 1.85 bits per heavy atom. The van der Waals surface area contributed by atoms with Gasteiger partial charge in [-0.05, 0) is 42.0 Å². The van der Waals surface area contributed by atoms with Gasteiger partial charge < -0.3 is 5.11 Å². The van der Waals surface area contributed by atoms with Crippen molar-refractivity contribution in [2.24, 2.45) is 0 Å². The summed E-state index contributed by atoms with van der Waals surface area (Å²) in [6.45, 7) is 0. The monoisotopic (exact) mass is 391 g/mol. The number of halogens is 2. The Morgan fingerprint density at radius 1 is 1.00 bits per heavy atom. The molecule has 1 unspecified atom stereocenters. The van der Waals surface area contributed by atoms with Crippen LogP contribution in [0.5, 0.6) is 0 Å². The maximum atomic E-state index is 10.6. The molecule has 3 rings (SSSR count). The van der Waals surface area contributed by atoms with Crippen molar-refractivity contribution in [3.05, 3.63) is 74.8 Å². The minimum absolute atomic E-state index is 0.675. The molecular formula is C16H11Br2NO. The molecule has 1 heterocycles. The van der Waals surface area contributed by atoms with E-state index in [-0.39, 0.29) is 0 Å². The largest absolute Gasteiger partial charge is 0.384 e. The first-order valence-electron chi connectivity index (χ1n) is 6.13. The van der Waals surface area contributed by atoms with Gasteiger partial charge in [-0.1, -0.05) is 44.0 Å². The molecule has 0 saturated heterocycles. The van der Waals surface area contributed by atoms with Gasteiger partial charge in [-0.2, -0.15) is 0 Å². The van der Waals surface area contributed by atoms with Crippen LogP contribution < -0.4 is 0 Å². The van der Waals surface area contributed by atoms with Gasteiger partial charge in [0.25, 0.3) is 0 Å². The molecule has 20 heavy (non-hydrogen) atoms. The normalized spacial score (nSPS) is 12.6. The first kappa shape index (κ1) is 13.7. The molecule has 0 spiro atoms. The van der Waals surface area contributed by atoms with Crippen LogP contribution in [0.4, 0.5) is 0 Å². The molecule has 0 radical (unpaired) electrons. The number of hydrogen-bond donors (Lipinski definition) is 1. The van der Waals surface area contributed by atoms with Crippen molar-refractivity contribution in [3.8, 4) is 0 Å². The fraction of sp³-hybridized carbons (Fsp3) is 0.0625. The molecule has 2 aromatic carbocycles. The molecule has 3 aromatic rings. The second-order valence-electron chi connectivity index (χ2n) is 4.52. The predicted molar refractivity (Wildman–Crippen MR) is 87.6 cm³/mol. The average molecular weight is 393 g/mol. The first-order valence-corrected chi connectivity index (χ1v) is 7.71. The van der Waals surface area contributed by atoms with Crippen LogP contribution in [0.1, 0.15) is 17.2 Å². The van der Waals surface area contributed by atoms with Crippen LogP contribution in [-0.2, 0) is 0 Å². The van der Waals surface area contributed by atoms with Crippen molar-refractivity contribution in [3.63, 3.8) is 0 Å². The van der Waals surface area contributed by atoms with Crippen LogP contribution in [0.3, 0.4) is 0 Å². The quantitative estimate of drug-likeness (QED) is 0.676. The van der Waals surface area contributed by atoms with Crippen molar-refractivity contribution >= 4 is 42.8 Å². The Balaban J connectivity index is 2.07. The third-order valence-electron chi connectivity index (χ3n) is 3.20. The van der Waals surface area contributed by atoms with E-state index in [0.29, 0.717) is 0 Å². The summed E-state index contributed by atoms with van der Waals surface area (Å²) < 4.78 is 1.83. The number of aliphatic hydroxyl groups excluding tert-OH is 1. The SMILES string of the molecule is OC(c1ccc2ncccc2c1)c1cc(Br)ccc1Br. The number of aliphatic hydroxyl groups is 1. The van der Waals surface area contributed by atoms with Gasteiger partial charge in [-0.15, -0.1) is 0 Å². The zero-order valence-electron chi connectivity index (χ0n) is 10.4. The molecule has 0 saturated carbocycles. The molecule has 0 amide bonds. The maximum absolute atomic E-state index is 10.6. The highest BCUT2D eigenvalue weighted by atomic mass is 79.9. The third-order valence-corrected chi connectivity index (χ3v) is 4.41. The van der Waals surface area contributed by atoms with Crippen LogP contribution in [0.25, 0.3) is 10.9 Å². The van der Waals surface area contributed by atoms with Crippen LogP contribution >= 0.6 is 31.9 Å². The molecule has 0 aliphatic rings. The number of nitrogens with zero attached hydrogens (tertiary/aromatic N) is 1. The van der Waals surface area contributed by atoms with E-state index in [1.807, 2.05) is 48.5 Å². The van der Waals surface area contributed by atoms with Gasteiger partial charge in [0.15, 0.2) is 0 Å². The molecule has 1 aromatic heterocycles. The molecular weight excluding hydrogens is 382 g/mol. The van der Waals surface area contributed by atoms with Gasteiger partial charge in [-0.25, -0.2) is 0 Å². The van der Waals surface area contributed by atoms with Gasteiger partial charge in [0.1, 0.15) is 6.10 Å². The van der Waals surface area contributed by atoms with Crippen LogP contribution in [0.15, 0.2) is 63.7 Å². The van der Waals surface area contributed by atoms with Gasteiger partial charge in [0.2, 0.25) is 0 Å². The summed E-state index contributed by atoms with van der Waals surface area (Å²) >= 11 is 6.92. The van der Waals surface area contributed by atoms with E-state index < -0.39 is 6.10 Å². The summed E-state index contributed by atoms with van der Waals surface area (Å²) in [6.07, 6.45) is 1.09. The highest BCUT2D eigenvalue weighted by Crippen LogP contribution is 2.31. The van der Waals surface area contributed by atoms with Crippen LogP contribution in [-0.4, -0.2) is 10.1 Å². The molecule has 0 fully saturated rings. The van der Waals surface area contributed by atoms with Gasteiger partial charge in [0, 0.05) is 26.1 Å². The number of rotatable bonds is 2. The number of hydrogen-bond acceptors (Lipinski definition) is 2. The predicted octanol–water partition coefficient (Wildman–Crippen LogP) is 4.84. The lowest BCUT2D eigenvalue weighted by molar-refractivity contribution is 0.219. The highest BCUT2D eigenvalue weighted by Gasteiger charge is 2.14. The van der Waals surface area contributed by atoms with E-state index >= 15 is 0 Å². The molecule has 4 heteroatoms. The third kappa shape index (κ3) is 2.64. The van der Waals surface area contributed by atoms with E-state index in [0.717, 1.165) is 31.0 Å². The van der Waals surface area contributed by atoms with Gasteiger partial charge >= 0.3 is 0 Å². The van der Waals surface area contributed by atoms with Crippen molar-refractivity contribution < 1.29 is 5.11 Å². The molecule has 0 bridgehead atoms. The summed E-state index contributed by atoms with van der Waals surface area (Å²) in [4.78, 5) is 4.29. The Labute approximate surface area is 133 Å². The molecule has 100 valence electrons. The zero-order valence-corrected chi connectivity index (χ0v) is 13.6. The van der Waals surface area contributed by atoms with Crippen LogP contribution in [0, 0.1) is 0 Å². The Kier molecular flexibility index (Phi) is 3.87. The van der Waals surface area contributed by atoms with Crippen molar-refractivity contribution in [2.45, 2.75) is 6.10 Å². The zero-order chi connectivity index (χ0) is 14.1. The summed E-state index contributed by atoms with van der Waals surface area (Å²) in [6, 6.07) is 15.5. The fourth-order valence-corrected chi connectivity index (χ4v) is 3.01. The molecule has 0 aliphatic carbocycles. The van der Waals surface area contributed by atoms with Crippen molar-refractivity contribution in [1.29, 1.82) is 0 Å². The Bertz CT molecular complexity index is 773. The summed E-state index contributed by atoms with van der Waals surface area (Å²) in [5, 5.41) is 11.6. The number of fused-ring (bicyclic) bond motifs is 1. The average Bonchev–Trinajstić information content (AvgIpc) is 2.48. The topological polar surface area (TPSA) is 33.1 Å². The van der Waals surface area contributed by atoms with Crippen molar-refractivity contribution in [2.75, 3.05) is 0 Å². The van der Waals surface area contributed by atoms with Crippen molar-refractivity contribution in [1.82, 2.24) is 4.98 Å². The standard InChI is InChI=1S/C16H11Br2NO/c17-12-4-5-14(18)13(9-12)16(20)11-3-6-15-10(8-11)2-1-7-19-15/h1-9,16,20H. The van der Waals surface area contributed by atoms with Gasteiger partial charge in [0.05, 0.1) is 5.52 Å². The second-order valence-corrected chi connectivity index (χ2v) is 6.29. The second kappa shape index (κ2) is 5.64. The van der Waals surface area contributed by atoms with E-state index in [4.69, 9.17) is 0 Å². The summed E-state index contributed by atoms with van der Waals surface area (Å²) in [7, 11) is 0. The molecule has 2 nitrogen and oxygen atoms in total. The smallest absolute Gasteiger partial charge is 0.105 e. The summed E-state index contributed by atoms with van der Waals surface area (Å²) in [5.41, 5.74) is 2.61.